The number of nitrogens with zero attached hydrogens (tertiary/aromatic N) is 1. The third kappa shape index (κ3) is 63.5. The van der Waals surface area contributed by atoms with Gasteiger partial charge in [-0.2, -0.15) is 0 Å². The quantitative estimate of drug-likeness (QED) is 0.0448. The van der Waals surface area contributed by atoms with E-state index in [1.807, 2.05) is 0 Å². The van der Waals surface area contributed by atoms with Gasteiger partial charge >= 0.3 is 0 Å². The van der Waals surface area contributed by atoms with Gasteiger partial charge in [-0.25, -0.2) is 0 Å². The number of rotatable bonds is 68. The van der Waals surface area contributed by atoms with E-state index < -0.39 is 16.8 Å². The van der Waals surface area contributed by atoms with Gasteiger partial charge in [0.1, 0.15) is 0 Å². The molecule has 7 heteroatoms. The minimum Gasteiger partial charge on any atom is -0.333 e. The van der Waals surface area contributed by atoms with Crippen LogP contribution in [0.4, 0.5) is 0 Å². The first-order chi connectivity index (χ1) is 36.7. The Morgan fingerprint density at radius 3 is 0.446 bits per heavy atom. The maximum atomic E-state index is 6.63. The highest BCUT2D eigenvalue weighted by Crippen LogP contribution is 2.44. The molecule has 0 spiro atoms. The van der Waals surface area contributed by atoms with Crippen molar-refractivity contribution in [1.82, 2.24) is 4.90 Å². The van der Waals surface area contributed by atoms with Crippen molar-refractivity contribution >= 4 is 16.8 Å². The molecule has 0 aliphatic carbocycles. The molecule has 0 fully saturated rings. The molecule has 0 aromatic carbocycles. The van der Waals surface area contributed by atoms with E-state index >= 15 is 0 Å². The number of hydrogen-bond acceptors (Lipinski definition) is 5. The maximum Gasteiger partial charge on any atom is 0.185 e. The minimum atomic E-state index is -0.956. The summed E-state index contributed by atoms with van der Waals surface area (Å²) in [5.74, 6) is 0. The van der Waals surface area contributed by atoms with E-state index in [0.717, 1.165) is 64.7 Å². The zero-order valence-corrected chi connectivity index (χ0v) is 53.6. The summed E-state index contributed by atoms with van der Waals surface area (Å²) in [5, 5.41) is 0. The van der Waals surface area contributed by atoms with Gasteiger partial charge in [0, 0.05) is 0 Å². The molecular formula is C67H139NO4P2. The normalized spacial score (nSPS) is 12.0. The molecule has 0 saturated carbocycles. The van der Waals surface area contributed by atoms with Crippen LogP contribution < -0.4 is 0 Å². The molecular weight excluding hydrogens is 945 g/mol. The van der Waals surface area contributed by atoms with Gasteiger partial charge in [-0.1, -0.05) is 362 Å². The lowest BCUT2D eigenvalue weighted by Crippen LogP contribution is -2.21. The number of hydrogen-bond donors (Lipinski definition) is 0. The molecule has 0 amide bonds. The Morgan fingerprint density at radius 1 is 0.189 bits per heavy atom. The summed E-state index contributed by atoms with van der Waals surface area (Å²) in [6.07, 6.45) is 79.3. The van der Waals surface area contributed by atoms with Crippen LogP contribution in [0.3, 0.4) is 0 Å². The first-order valence-corrected chi connectivity index (χ1v) is 37.2. The fourth-order valence-electron chi connectivity index (χ4n) is 10.5. The molecule has 0 aromatic rings. The average molecular weight is 1080 g/mol. The molecule has 0 aromatic heterocycles. The summed E-state index contributed by atoms with van der Waals surface area (Å²) < 4.78 is 26.5. The molecule has 0 N–H and O–H groups in total. The van der Waals surface area contributed by atoms with Crippen LogP contribution in [0.2, 0.25) is 0 Å². The monoisotopic (exact) mass is 1080 g/mol. The van der Waals surface area contributed by atoms with Crippen molar-refractivity contribution in [2.24, 2.45) is 0 Å². The van der Waals surface area contributed by atoms with E-state index in [-0.39, 0.29) is 0 Å². The average Bonchev–Trinajstić information content (AvgIpc) is 3.40. The molecule has 5 nitrogen and oxygen atoms in total. The van der Waals surface area contributed by atoms with E-state index in [9.17, 15) is 0 Å². The van der Waals surface area contributed by atoms with Gasteiger partial charge < -0.3 is 18.1 Å². The van der Waals surface area contributed by atoms with Gasteiger partial charge in [0.05, 0.1) is 39.0 Å². The Bertz CT molecular complexity index is 835. The van der Waals surface area contributed by atoms with E-state index in [4.69, 9.17) is 18.1 Å². The summed E-state index contributed by atoms with van der Waals surface area (Å²) >= 11 is 0. The highest BCUT2D eigenvalue weighted by atomic mass is 31.2. The van der Waals surface area contributed by atoms with E-state index in [1.54, 1.807) is 0 Å². The summed E-state index contributed by atoms with van der Waals surface area (Å²) in [6.45, 7) is 12.6. The predicted molar refractivity (Wildman–Crippen MR) is 336 cm³/mol. The fraction of sp³-hybridized carbons (Fsp3) is 1.00. The summed E-state index contributed by atoms with van der Waals surface area (Å²) in [4.78, 5) is 2.42. The van der Waals surface area contributed by atoms with Crippen LogP contribution in [-0.4, -0.2) is 50.9 Å². The largest absolute Gasteiger partial charge is 0.333 e. The summed E-state index contributed by atoms with van der Waals surface area (Å²) in [5.41, 5.74) is 0. The molecule has 446 valence electrons. The second-order valence-corrected chi connectivity index (χ2v) is 26.5. The SMILES string of the molecule is CCCCCCCCCCCCCCCCOP(CN(C)CP(OCCCCCCCCCCCCCCCC)OCCCCCCCCCCCCCCCC)OCCCCCCCCCCCCCCCC. The molecule has 0 rings (SSSR count). The smallest absolute Gasteiger partial charge is 0.185 e. The molecule has 0 saturated heterocycles. The second-order valence-electron chi connectivity index (χ2n) is 23.5. The molecule has 0 unspecified atom stereocenters. The van der Waals surface area contributed by atoms with Crippen molar-refractivity contribution in [2.45, 2.75) is 387 Å². The Morgan fingerprint density at radius 2 is 0.311 bits per heavy atom. The second kappa shape index (κ2) is 67.9. The Hall–Kier alpha value is 0.660. The maximum absolute atomic E-state index is 6.63. The topological polar surface area (TPSA) is 40.2 Å². The fourth-order valence-corrected chi connectivity index (χ4v) is 13.5. The third-order valence-corrected chi connectivity index (χ3v) is 19.0. The van der Waals surface area contributed by atoms with E-state index in [1.165, 1.54) is 334 Å². The lowest BCUT2D eigenvalue weighted by Gasteiger charge is -2.27. The molecule has 0 aliphatic heterocycles. The van der Waals surface area contributed by atoms with E-state index in [2.05, 4.69) is 39.6 Å². The molecule has 0 aliphatic rings. The first-order valence-electron chi connectivity index (χ1n) is 34.4. The highest BCUT2D eigenvalue weighted by Gasteiger charge is 2.19. The summed E-state index contributed by atoms with van der Waals surface area (Å²) in [6, 6.07) is 0. The van der Waals surface area contributed by atoms with Crippen LogP contribution in [0.1, 0.15) is 387 Å². The van der Waals surface area contributed by atoms with Crippen molar-refractivity contribution in [3.05, 3.63) is 0 Å². The van der Waals surface area contributed by atoms with Crippen molar-refractivity contribution in [2.75, 3.05) is 46.0 Å². The number of unbranched alkanes of at least 4 members (excludes halogenated alkanes) is 52. The van der Waals surface area contributed by atoms with Crippen LogP contribution in [-0.2, 0) is 18.1 Å². The predicted octanol–water partition coefficient (Wildman–Crippen LogP) is 25.4. The first kappa shape index (κ1) is 74.7. The van der Waals surface area contributed by atoms with Crippen LogP contribution in [0.25, 0.3) is 0 Å². The summed E-state index contributed by atoms with van der Waals surface area (Å²) in [7, 11) is 0.340. The zero-order chi connectivity index (χ0) is 53.4. The Labute approximate surface area is 470 Å². The molecule has 0 atom stereocenters. The lowest BCUT2D eigenvalue weighted by atomic mass is 10.0. The standard InChI is InChI=1S/C67H139NO4P2/c1-6-10-14-18-22-26-30-34-38-42-46-50-54-58-62-69-73(70-63-59-55-51-47-43-39-35-31-27-23-19-15-11-7-2)66-68(5)67-74(71-64-60-56-52-48-44-40-36-32-28-24-20-16-12-8-3)72-65-61-57-53-49-45-41-37-33-29-25-21-17-13-9-4/h6-67H2,1-5H3. The minimum absolute atomic E-state index is 0.830. The van der Waals surface area contributed by atoms with Gasteiger partial charge in [0.2, 0.25) is 0 Å². The Balaban J connectivity index is 4.89. The third-order valence-electron chi connectivity index (χ3n) is 15.6. The van der Waals surface area contributed by atoms with Crippen molar-refractivity contribution in [1.29, 1.82) is 0 Å². The molecule has 0 bridgehead atoms. The van der Waals surface area contributed by atoms with E-state index in [0.29, 0.717) is 0 Å². The van der Waals surface area contributed by atoms with Crippen LogP contribution >= 0.6 is 16.8 Å². The lowest BCUT2D eigenvalue weighted by molar-refractivity contribution is 0.217. The van der Waals surface area contributed by atoms with Crippen LogP contribution in [0.15, 0.2) is 0 Å². The Kier molecular flexibility index (Phi) is 68.5. The molecule has 0 heterocycles. The van der Waals surface area contributed by atoms with Crippen LogP contribution in [0, 0.1) is 0 Å². The molecule has 74 heavy (non-hydrogen) atoms. The highest BCUT2D eigenvalue weighted by molar-refractivity contribution is 7.48. The van der Waals surface area contributed by atoms with Crippen LogP contribution in [0.5, 0.6) is 0 Å². The zero-order valence-electron chi connectivity index (χ0n) is 51.8. The van der Waals surface area contributed by atoms with Crippen molar-refractivity contribution in [3.63, 3.8) is 0 Å². The van der Waals surface area contributed by atoms with Gasteiger partial charge in [0.15, 0.2) is 16.8 Å². The van der Waals surface area contributed by atoms with Gasteiger partial charge in [-0.3, -0.25) is 4.90 Å². The molecule has 0 radical (unpaired) electrons. The van der Waals surface area contributed by atoms with Gasteiger partial charge in [-0.05, 0) is 32.7 Å². The van der Waals surface area contributed by atoms with Crippen molar-refractivity contribution in [3.8, 4) is 0 Å². The van der Waals surface area contributed by atoms with Gasteiger partial charge in [0.25, 0.3) is 0 Å². The van der Waals surface area contributed by atoms with Gasteiger partial charge in [-0.15, -0.1) is 0 Å². The van der Waals surface area contributed by atoms with Crippen molar-refractivity contribution < 1.29 is 18.1 Å².